The molecule has 1 saturated carbocycles. The molecule has 0 heterocycles. The Morgan fingerprint density at radius 1 is 1.06 bits per heavy atom. The van der Waals surface area contributed by atoms with Crippen molar-refractivity contribution in [3.05, 3.63) is 11.6 Å². The van der Waals surface area contributed by atoms with Crippen LogP contribution in [0.15, 0.2) is 11.6 Å². The van der Waals surface area contributed by atoms with Crippen molar-refractivity contribution in [1.29, 1.82) is 0 Å². The predicted molar refractivity (Wildman–Crippen MR) is 77.3 cm³/mol. The maximum Gasteiger partial charge on any atom is 0.0166 e. The van der Waals surface area contributed by atoms with E-state index in [9.17, 15) is 0 Å². The lowest BCUT2D eigenvalue weighted by atomic mass is 9.90. The highest BCUT2D eigenvalue weighted by Gasteiger charge is 2.11. The number of allylic oxidation sites excluding steroid dienone is 1. The Morgan fingerprint density at radius 2 is 1.59 bits per heavy atom. The second kappa shape index (κ2) is 7.20. The average molecular weight is 237 g/mol. The zero-order chi connectivity index (χ0) is 12.7. The predicted octanol–water partition coefficient (Wildman–Crippen LogP) is 4.68. The van der Waals surface area contributed by atoms with Crippen LogP contribution in [0.25, 0.3) is 0 Å². The zero-order valence-electron chi connectivity index (χ0n) is 12.3. The van der Waals surface area contributed by atoms with Crippen LogP contribution in [0.5, 0.6) is 0 Å². The molecule has 0 aromatic rings. The Balaban J connectivity index is 2.37. The molecule has 0 radical (unpaired) electrons. The Morgan fingerprint density at radius 3 is 2.12 bits per heavy atom. The first-order valence-electron chi connectivity index (χ1n) is 7.40. The molecule has 1 heteroatoms. The molecule has 1 aliphatic rings. The van der Waals surface area contributed by atoms with Gasteiger partial charge in [0.25, 0.3) is 0 Å². The van der Waals surface area contributed by atoms with Crippen LogP contribution in [0.2, 0.25) is 0 Å². The first-order valence-corrected chi connectivity index (χ1v) is 7.40. The molecule has 1 N–H and O–H groups in total. The van der Waals surface area contributed by atoms with Crippen LogP contribution in [0, 0.1) is 5.92 Å². The molecular weight excluding hydrogens is 206 g/mol. The van der Waals surface area contributed by atoms with Gasteiger partial charge in [0.1, 0.15) is 0 Å². The standard InChI is InChI=1S/C16H31N/c1-14(13-17-16(2,3)4)12-15-10-8-6-5-7-9-11-15/h12,15,17H,5-11,13H2,1-4H3. The normalized spacial score (nSPS) is 21.1. The maximum atomic E-state index is 3.57. The largest absolute Gasteiger partial charge is 0.308 e. The van der Waals surface area contributed by atoms with Crippen LogP contribution >= 0.6 is 0 Å². The monoisotopic (exact) mass is 237 g/mol. The summed E-state index contributed by atoms with van der Waals surface area (Å²) in [6, 6.07) is 0. The van der Waals surface area contributed by atoms with E-state index in [-0.39, 0.29) is 5.54 Å². The van der Waals surface area contributed by atoms with Gasteiger partial charge < -0.3 is 5.32 Å². The van der Waals surface area contributed by atoms with Crippen LogP contribution in [-0.2, 0) is 0 Å². The summed E-state index contributed by atoms with van der Waals surface area (Å²) < 4.78 is 0. The fourth-order valence-corrected chi connectivity index (χ4v) is 2.52. The summed E-state index contributed by atoms with van der Waals surface area (Å²) in [5, 5.41) is 3.57. The topological polar surface area (TPSA) is 12.0 Å². The van der Waals surface area contributed by atoms with Gasteiger partial charge in [-0.25, -0.2) is 0 Å². The van der Waals surface area contributed by atoms with E-state index in [1.807, 2.05) is 0 Å². The lowest BCUT2D eigenvalue weighted by Gasteiger charge is -2.22. The molecule has 1 rings (SSSR count). The van der Waals surface area contributed by atoms with E-state index in [0.29, 0.717) is 0 Å². The van der Waals surface area contributed by atoms with E-state index in [1.54, 1.807) is 0 Å². The molecule has 1 nitrogen and oxygen atoms in total. The van der Waals surface area contributed by atoms with Crippen molar-refractivity contribution in [1.82, 2.24) is 5.32 Å². The molecule has 0 spiro atoms. The number of nitrogens with one attached hydrogen (secondary N) is 1. The van der Waals surface area contributed by atoms with Crippen molar-refractivity contribution >= 4 is 0 Å². The Bertz CT molecular complexity index is 226. The second-order valence-electron chi connectivity index (χ2n) is 6.72. The van der Waals surface area contributed by atoms with Crippen molar-refractivity contribution in [2.24, 2.45) is 5.92 Å². The molecule has 0 atom stereocenters. The fourth-order valence-electron chi connectivity index (χ4n) is 2.52. The van der Waals surface area contributed by atoms with E-state index in [4.69, 9.17) is 0 Å². The third kappa shape index (κ3) is 7.59. The van der Waals surface area contributed by atoms with Gasteiger partial charge in [-0.3, -0.25) is 0 Å². The van der Waals surface area contributed by atoms with Gasteiger partial charge in [-0.05, 0) is 46.5 Å². The van der Waals surface area contributed by atoms with Crippen LogP contribution < -0.4 is 5.32 Å². The van der Waals surface area contributed by atoms with Gasteiger partial charge in [-0.15, -0.1) is 0 Å². The van der Waals surface area contributed by atoms with Crippen molar-refractivity contribution in [2.45, 2.75) is 78.2 Å². The van der Waals surface area contributed by atoms with E-state index >= 15 is 0 Å². The highest BCUT2D eigenvalue weighted by Crippen LogP contribution is 2.24. The molecule has 1 aliphatic carbocycles. The average Bonchev–Trinajstić information content (AvgIpc) is 2.18. The summed E-state index contributed by atoms with van der Waals surface area (Å²) in [4.78, 5) is 0. The molecular formula is C16H31N. The minimum absolute atomic E-state index is 0.232. The van der Waals surface area contributed by atoms with Crippen LogP contribution in [-0.4, -0.2) is 12.1 Å². The van der Waals surface area contributed by atoms with Crippen molar-refractivity contribution in [3.8, 4) is 0 Å². The van der Waals surface area contributed by atoms with Crippen LogP contribution in [0.1, 0.15) is 72.6 Å². The summed E-state index contributed by atoms with van der Waals surface area (Å²) in [6.07, 6.45) is 12.6. The Labute approximate surface area is 108 Å². The molecule has 0 aliphatic heterocycles. The van der Waals surface area contributed by atoms with Gasteiger partial charge in [-0.1, -0.05) is 43.8 Å². The SMILES string of the molecule is CC(=CC1CCCCCCC1)CNC(C)(C)C. The molecule has 0 aromatic carbocycles. The zero-order valence-corrected chi connectivity index (χ0v) is 12.3. The maximum absolute atomic E-state index is 3.57. The minimum Gasteiger partial charge on any atom is -0.308 e. The lowest BCUT2D eigenvalue weighted by Crippen LogP contribution is -2.36. The van der Waals surface area contributed by atoms with Gasteiger partial charge in [0, 0.05) is 12.1 Å². The highest BCUT2D eigenvalue weighted by molar-refractivity contribution is 5.04. The van der Waals surface area contributed by atoms with E-state index < -0.39 is 0 Å². The number of hydrogen-bond donors (Lipinski definition) is 1. The Kier molecular flexibility index (Phi) is 6.26. The molecule has 0 bridgehead atoms. The summed E-state index contributed by atoms with van der Waals surface area (Å²) in [5.41, 5.74) is 1.75. The fraction of sp³-hybridized carbons (Fsp3) is 0.875. The number of rotatable bonds is 3. The second-order valence-corrected chi connectivity index (χ2v) is 6.72. The van der Waals surface area contributed by atoms with E-state index in [0.717, 1.165) is 12.5 Å². The van der Waals surface area contributed by atoms with Crippen LogP contribution in [0.4, 0.5) is 0 Å². The third-order valence-corrected chi connectivity index (χ3v) is 3.57. The summed E-state index contributed by atoms with van der Waals surface area (Å²) >= 11 is 0. The molecule has 17 heavy (non-hydrogen) atoms. The molecule has 1 fully saturated rings. The molecule has 100 valence electrons. The van der Waals surface area contributed by atoms with Gasteiger partial charge in [0.15, 0.2) is 0 Å². The smallest absolute Gasteiger partial charge is 0.0166 e. The lowest BCUT2D eigenvalue weighted by molar-refractivity contribution is 0.426. The van der Waals surface area contributed by atoms with Crippen molar-refractivity contribution < 1.29 is 0 Å². The minimum atomic E-state index is 0.232. The molecule has 0 unspecified atom stereocenters. The summed E-state index contributed by atoms with van der Waals surface area (Å²) in [6.45, 7) is 10.0. The number of hydrogen-bond acceptors (Lipinski definition) is 1. The first-order chi connectivity index (χ1) is 7.97. The Hall–Kier alpha value is -0.300. The van der Waals surface area contributed by atoms with E-state index in [2.05, 4.69) is 39.1 Å². The van der Waals surface area contributed by atoms with Gasteiger partial charge in [0.2, 0.25) is 0 Å². The van der Waals surface area contributed by atoms with Crippen molar-refractivity contribution in [2.75, 3.05) is 6.54 Å². The summed E-state index contributed by atoms with van der Waals surface area (Å²) in [7, 11) is 0. The molecule has 0 amide bonds. The van der Waals surface area contributed by atoms with Crippen LogP contribution in [0.3, 0.4) is 0 Å². The summed E-state index contributed by atoms with van der Waals surface area (Å²) in [5.74, 6) is 0.845. The molecule has 0 aromatic heterocycles. The van der Waals surface area contributed by atoms with Gasteiger partial charge in [0.05, 0.1) is 0 Å². The van der Waals surface area contributed by atoms with Crippen molar-refractivity contribution in [3.63, 3.8) is 0 Å². The quantitative estimate of drug-likeness (QED) is 0.703. The van der Waals surface area contributed by atoms with Gasteiger partial charge >= 0.3 is 0 Å². The van der Waals surface area contributed by atoms with Gasteiger partial charge in [-0.2, -0.15) is 0 Å². The first kappa shape index (κ1) is 14.8. The third-order valence-electron chi connectivity index (χ3n) is 3.57. The van der Waals surface area contributed by atoms with E-state index in [1.165, 1.54) is 50.5 Å². The highest BCUT2D eigenvalue weighted by atomic mass is 14.9. The molecule has 0 saturated heterocycles.